The maximum Gasteiger partial charge on any atom is 0.225 e. The number of hydrogen-bond acceptors (Lipinski definition) is 4. The average Bonchev–Trinajstić information content (AvgIpc) is 2.56. The van der Waals surface area contributed by atoms with E-state index in [0.717, 1.165) is 39.3 Å². The van der Waals surface area contributed by atoms with Crippen LogP contribution in [0.25, 0.3) is 0 Å². The normalized spacial score (nSPS) is 26.2. The van der Waals surface area contributed by atoms with Gasteiger partial charge < -0.3 is 15.0 Å². The van der Waals surface area contributed by atoms with Crippen LogP contribution in [-0.4, -0.2) is 67.2 Å². The van der Waals surface area contributed by atoms with Crippen LogP contribution < -0.4 is 5.32 Å². The summed E-state index contributed by atoms with van der Waals surface area (Å²) in [5.74, 6) is 0.227. The SMILES string of the molecule is CC1CN(C(=O)CC2CN(Cc3ccccc3)CCO2)CCN1. The Morgan fingerprint density at radius 2 is 2.09 bits per heavy atom. The number of hydrogen-bond donors (Lipinski definition) is 1. The quantitative estimate of drug-likeness (QED) is 0.903. The van der Waals surface area contributed by atoms with Gasteiger partial charge in [-0.2, -0.15) is 0 Å². The predicted molar refractivity (Wildman–Crippen MR) is 90.1 cm³/mol. The third-order valence-corrected chi connectivity index (χ3v) is 4.60. The van der Waals surface area contributed by atoms with Crippen LogP contribution in [0.3, 0.4) is 0 Å². The Hall–Kier alpha value is -1.43. The molecular formula is C18H27N3O2. The van der Waals surface area contributed by atoms with Crippen LogP contribution in [0.15, 0.2) is 30.3 Å². The number of nitrogens with one attached hydrogen (secondary N) is 1. The van der Waals surface area contributed by atoms with Crippen LogP contribution in [0.1, 0.15) is 18.9 Å². The molecule has 2 atom stereocenters. The molecule has 5 heteroatoms. The van der Waals surface area contributed by atoms with Gasteiger partial charge in [0.2, 0.25) is 5.91 Å². The Labute approximate surface area is 138 Å². The van der Waals surface area contributed by atoms with Gasteiger partial charge in [0.1, 0.15) is 0 Å². The summed E-state index contributed by atoms with van der Waals surface area (Å²) in [6.45, 7) is 8.04. The minimum Gasteiger partial charge on any atom is -0.375 e. The summed E-state index contributed by atoms with van der Waals surface area (Å²) in [6.07, 6.45) is 0.517. The second-order valence-electron chi connectivity index (χ2n) is 6.61. The maximum atomic E-state index is 12.5. The molecule has 0 spiro atoms. The highest BCUT2D eigenvalue weighted by Crippen LogP contribution is 2.14. The van der Waals surface area contributed by atoms with Crippen molar-refractivity contribution in [2.45, 2.75) is 32.0 Å². The van der Waals surface area contributed by atoms with E-state index < -0.39 is 0 Å². The lowest BCUT2D eigenvalue weighted by Crippen LogP contribution is -2.52. The van der Waals surface area contributed by atoms with E-state index in [9.17, 15) is 4.79 Å². The maximum absolute atomic E-state index is 12.5. The van der Waals surface area contributed by atoms with Gasteiger partial charge in [-0.3, -0.25) is 9.69 Å². The zero-order valence-electron chi connectivity index (χ0n) is 13.9. The highest BCUT2D eigenvalue weighted by atomic mass is 16.5. The van der Waals surface area contributed by atoms with Gasteiger partial charge in [-0.05, 0) is 12.5 Å². The lowest BCUT2D eigenvalue weighted by atomic mass is 10.1. The Bertz CT molecular complexity index is 508. The number of ether oxygens (including phenoxy) is 1. The second kappa shape index (κ2) is 7.90. The molecular weight excluding hydrogens is 290 g/mol. The van der Waals surface area contributed by atoms with Crippen molar-refractivity contribution < 1.29 is 9.53 Å². The van der Waals surface area contributed by atoms with E-state index in [-0.39, 0.29) is 12.0 Å². The molecule has 126 valence electrons. The molecule has 2 aliphatic heterocycles. The zero-order valence-corrected chi connectivity index (χ0v) is 13.9. The Balaban J connectivity index is 1.49. The summed E-state index contributed by atoms with van der Waals surface area (Å²) in [7, 11) is 0. The fourth-order valence-electron chi connectivity index (χ4n) is 3.37. The molecule has 0 radical (unpaired) electrons. The summed E-state index contributed by atoms with van der Waals surface area (Å²) >= 11 is 0. The molecule has 1 N–H and O–H groups in total. The first-order valence-electron chi connectivity index (χ1n) is 8.60. The van der Waals surface area contributed by atoms with Gasteiger partial charge in [0.15, 0.2) is 0 Å². The van der Waals surface area contributed by atoms with Gasteiger partial charge in [-0.1, -0.05) is 30.3 Å². The van der Waals surface area contributed by atoms with Crippen molar-refractivity contribution in [2.75, 3.05) is 39.3 Å². The number of carbonyl (C=O) groups is 1. The zero-order chi connectivity index (χ0) is 16.1. The van der Waals surface area contributed by atoms with Crippen LogP contribution in [0.2, 0.25) is 0 Å². The van der Waals surface area contributed by atoms with Crippen LogP contribution in [-0.2, 0) is 16.1 Å². The monoisotopic (exact) mass is 317 g/mol. The molecule has 2 heterocycles. The smallest absolute Gasteiger partial charge is 0.225 e. The molecule has 1 amide bonds. The molecule has 0 saturated carbocycles. The third-order valence-electron chi connectivity index (χ3n) is 4.60. The summed E-state index contributed by atoms with van der Waals surface area (Å²) < 4.78 is 5.83. The summed E-state index contributed by atoms with van der Waals surface area (Å²) in [4.78, 5) is 16.8. The van der Waals surface area contributed by atoms with Crippen molar-refractivity contribution >= 4 is 5.91 Å². The number of morpholine rings is 1. The van der Waals surface area contributed by atoms with E-state index in [0.29, 0.717) is 19.1 Å². The summed E-state index contributed by atoms with van der Waals surface area (Å²) in [6, 6.07) is 10.9. The predicted octanol–water partition coefficient (Wildman–Crippen LogP) is 1.10. The van der Waals surface area contributed by atoms with Gasteiger partial charge in [0.05, 0.1) is 19.1 Å². The number of nitrogens with zero attached hydrogens (tertiary/aromatic N) is 2. The first kappa shape index (κ1) is 16.4. The molecule has 1 aromatic rings. The molecule has 2 fully saturated rings. The van der Waals surface area contributed by atoms with E-state index in [1.165, 1.54) is 5.56 Å². The number of rotatable bonds is 4. The first-order chi connectivity index (χ1) is 11.2. The topological polar surface area (TPSA) is 44.8 Å². The Morgan fingerprint density at radius 1 is 1.26 bits per heavy atom. The van der Waals surface area contributed by atoms with Gasteiger partial charge in [0.25, 0.3) is 0 Å². The van der Waals surface area contributed by atoms with E-state index >= 15 is 0 Å². The molecule has 2 saturated heterocycles. The fourth-order valence-corrected chi connectivity index (χ4v) is 3.37. The van der Waals surface area contributed by atoms with Gasteiger partial charge in [-0.25, -0.2) is 0 Å². The minimum absolute atomic E-state index is 0.0187. The van der Waals surface area contributed by atoms with Crippen LogP contribution in [0.5, 0.6) is 0 Å². The van der Waals surface area contributed by atoms with Gasteiger partial charge >= 0.3 is 0 Å². The number of benzene rings is 1. The molecule has 5 nitrogen and oxygen atoms in total. The molecule has 23 heavy (non-hydrogen) atoms. The number of carbonyl (C=O) groups excluding carboxylic acids is 1. The van der Waals surface area contributed by atoms with E-state index in [1.54, 1.807) is 0 Å². The number of piperazine rings is 1. The van der Waals surface area contributed by atoms with Crippen LogP contribution >= 0.6 is 0 Å². The minimum atomic E-state index is 0.0187. The highest BCUT2D eigenvalue weighted by molar-refractivity contribution is 5.77. The summed E-state index contributed by atoms with van der Waals surface area (Å²) in [5.41, 5.74) is 1.32. The lowest BCUT2D eigenvalue weighted by molar-refractivity contribution is -0.137. The van der Waals surface area contributed by atoms with Crippen molar-refractivity contribution in [3.63, 3.8) is 0 Å². The van der Waals surface area contributed by atoms with E-state index in [1.807, 2.05) is 11.0 Å². The standard InChI is InChI=1S/C18H27N3O2/c1-15-12-21(8-7-19-15)18(22)11-17-14-20(9-10-23-17)13-16-5-3-2-4-6-16/h2-6,15,17,19H,7-14H2,1H3. The summed E-state index contributed by atoms with van der Waals surface area (Å²) in [5, 5.41) is 3.37. The molecule has 2 unspecified atom stereocenters. The van der Waals surface area contributed by atoms with E-state index in [2.05, 4.69) is 41.4 Å². The molecule has 0 bridgehead atoms. The van der Waals surface area contributed by atoms with Crippen molar-refractivity contribution in [1.82, 2.24) is 15.1 Å². The largest absolute Gasteiger partial charge is 0.375 e. The van der Waals surface area contributed by atoms with Crippen molar-refractivity contribution in [1.29, 1.82) is 0 Å². The van der Waals surface area contributed by atoms with Crippen LogP contribution in [0, 0.1) is 0 Å². The second-order valence-corrected chi connectivity index (χ2v) is 6.61. The fraction of sp³-hybridized carbons (Fsp3) is 0.611. The van der Waals surface area contributed by atoms with Gasteiger partial charge in [-0.15, -0.1) is 0 Å². The molecule has 1 aromatic carbocycles. The molecule has 2 aliphatic rings. The third kappa shape index (κ3) is 4.77. The van der Waals surface area contributed by atoms with Crippen LogP contribution in [0.4, 0.5) is 0 Å². The first-order valence-corrected chi connectivity index (χ1v) is 8.60. The number of amides is 1. The molecule has 3 rings (SSSR count). The van der Waals surface area contributed by atoms with Gasteiger partial charge in [0, 0.05) is 45.3 Å². The molecule has 0 aromatic heterocycles. The molecule has 0 aliphatic carbocycles. The average molecular weight is 317 g/mol. The van der Waals surface area contributed by atoms with Crippen molar-refractivity contribution in [2.24, 2.45) is 0 Å². The Morgan fingerprint density at radius 3 is 2.87 bits per heavy atom. The van der Waals surface area contributed by atoms with E-state index in [4.69, 9.17) is 4.74 Å². The van der Waals surface area contributed by atoms with Crippen molar-refractivity contribution in [3.05, 3.63) is 35.9 Å². The highest BCUT2D eigenvalue weighted by Gasteiger charge is 2.27. The lowest BCUT2D eigenvalue weighted by Gasteiger charge is -2.36. The Kier molecular flexibility index (Phi) is 5.65. The van der Waals surface area contributed by atoms with Crippen molar-refractivity contribution in [3.8, 4) is 0 Å².